The lowest BCUT2D eigenvalue weighted by Crippen LogP contribution is -2.17. The van der Waals surface area contributed by atoms with Crippen LogP contribution in [0.4, 0.5) is 10.1 Å². The van der Waals surface area contributed by atoms with Gasteiger partial charge in [-0.2, -0.15) is 0 Å². The number of nitrogens with zero attached hydrogens (tertiary/aromatic N) is 2. The van der Waals surface area contributed by atoms with Gasteiger partial charge in [-0.15, -0.1) is 0 Å². The number of halogens is 1. The third-order valence-corrected chi connectivity index (χ3v) is 3.52. The first-order valence-electron chi connectivity index (χ1n) is 6.48. The molecule has 1 heterocycles. The van der Waals surface area contributed by atoms with Gasteiger partial charge in [-0.1, -0.05) is 36.9 Å². The Kier molecular flexibility index (Phi) is 3.11. The second-order valence-corrected chi connectivity index (χ2v) is 4.82. The molecule has 0 saturated carbocycles. The van der Waals surface area contributed by atoms with Crippen molar-refractivity contribution in [1.29, 1.82) is 0 Å². The van der Waals surface area contributed by atoms with Gasteiger partial charge in [0.25, 0.3) is 0 Å². The van der Waals surface area contributed by atoms with Gasteiger partial charge in [0.15, 0.2) is 0 Å². The van der Waals surface area contributed by atoms with E-state index in [4.69, 9.17) is 0 Å². The molecule has 20 heavy (non-hydrogen) atoms. The van der Waals surface area contributed by atoms with Crippen molar-refractivity contribution in [3.05, 3.63) is 77.8 Å². The summed E-state index contributed by atoms with van der Waals surface area (Å²) in [6.45, 7) is 4.54. The van der Waals surface area contributed by atoms with Gasteiger partial charge in [0.2, 0.25) is 0 Å². The van der Waals surface area contributed by atoms with Gasteiger partial charge >= 0.3 is 0 Å². The van der Waals surface area contributed by atoms with E-state index in [1.54, 1.807) is 6.07 Å². The maximum Gasteiger partial charge on any atom is 0.124 e. The number of anilines is 1. The molecule has 2 aromatic rings. The number of hydrogen-bond donors (Lipinski definition) is 0. The minimum absolute atomic E-state index is 0.256. The van der Waals surface area contributed by atoms with Crippen LogP contribution in [0.25, 0.3) is 0 Å². The van der Waals surface area contributed by atoms with Crippen LogP contribution in [-0.2, 0) is 0 Å². The van der Waals surface area contributed by atoms with E-state index >= 15 is 0 Å². The second kappa shape index (κ2) is 4.93. The average Bonchev–Trinajstić information content (AvgIpc) is 2.58. The molecule has 0 unspecified atom stereocenters. The molecule has 0 fully saturated rings. The molecule has 0 bridgehead atoms. The molecule has 0 aliphatic carbocycles. The molecule has 100 valence electrons. The topological polar surface area (TPSA) is 15.6 Å². The average molecular weight is 265 g/mol. The third kappa shape index (κ3) is 2.11. The molecule has 1 aliphatic heterocycles. The van der Waals surface area contributed by atoms with Crippen molar-refractivity contribution in [3.63, 3.8) is 0 Å². The maximum absolute atomic E-state index is 13.6. The summed E-state index contributed by atoms with van der Waals surface area (Å²) in [6.07, 6.45) is 0. The lowest BCUT2D eigenvalue weighted by molar-refractivity contribution is 0.627. The summed E-state index contributed by atoms with van der Waals surface area (Å²) < 4.78 is 13.6. The number of hydrogen-bond acceptors (Lipinski definition) is 2. The summed E-state index contributed by atoms with van der Waals surface area (Å²) >= 11 is 0. The van der Waals surface area contributed by atoms with Crippen LogP contribution in [0.15, 0.2) is 65.8 Å². The maximum atomic E-state index is 13.6. The smallest absolute Gasteiger partial charge is 0.124 e. The largest absolute Gasteiger partial charge is 0.346 e. The molecule has 0 aromatic heterocycles. The minimum Gasteiger partial charge on any atom is -0.346 e. The SMILES string of the molecule is C=C1CN=C(c2ccccc2)c2cc([18F])ccc2N1C. The molecule has 0 radical (unpaired) electrons. The van der Waals surface area contributed by atoms with E-state index < -0.39 is 0 Å². The molecule has 1 aliphatic rings. The van der Waals surface area contributed by atoms with Gasteiger partial charge in [0.1, 0.15) is 5.82 Å². The first-order chi connectivity index (χ1) is 9.66. The van der Waals surface area contributed by atoms with E-state index in [0.29, 0.717) is 6.54 Å². The summed E-state index contributed by atoms with van der Waals surface area (Å²) in [7, 11) is 1.93. The fourth-order valence-corrected chi connectivity index (χ4v) is 2.37. The minimum atomic E-state index is -0.256. The van der Waals surface area contributed by atoms with E-state index in [9.17, 15) is 4.39 Å². The molecule has 0 saturated heterocycles. The van der Waals surface area contributed by atoms with Crippen LogP contribution in [0.1, 0.15) is 11.1 Å². The molecular formula is C17H15FN2. The molecule has 0 spiro atoms. The lowest BCUT2D eigenvalue weighted by Gasteiger charge is -2.21. The van der Waals surface area contributed by atoms with Crippen LogP contribution in [0.2, 0.25) is 0 Å². The van der Waals surface area contributed by atoms with Crippen molar-refractivity contribution in [2.24, 2.45) is 4.99 Å². The van der Waals surface area contributed by atoms with Gasteiger partial charge in [0.05, 0.1) is 17.9 Å². The summed E-state index contributed by atoms with van der Waals surface area (Å²) in [5.41, 5.74) is 4.42. The quantitative estimate of drug-likeness (QED) is 0.769. The molecule has 3 heteroatoms. The molecule has 0 N–H and O–H groups in total. The Hall–Kier alpha value is -2.42. The Balaban J connectivity index is 2.23. The Morgan fingerprint density at radius 2 is 1.90 bits per heavy atom. The van der Waals surface area contributed by atoms with E-state index in [0.717, 1.165) is 28.2 Å². The summed E-state index contributed by atoms with van der Waals surface area (Å²) in [5.74, 6) is -0.256. The fraction of sp³-hybridized carbons (Fsp3) is 0.118. The lowest BCUT2D eigenvalue weighted by atomic mass is 10.00. The molecular weight excluding hydrogens is 250 g/mol. The van der Waals surface area contributed by atoms with Crippen molar-refractivity contribution in [2.75, 3.05) is 18.5 Å². The highest BCUT2D eigenvalue weighted by Gasteiger charge is 2.19. The van der Waals surface area contributed by atoms with E-state index in [2.05, 4.69) is 11.6 Å². The van der Waals surface area contributed by atoms with Gasteiger partial charge in [0, 0.05) is 23.9 Å². The number of rotatable bonds is 1. The number of likely N-dealkylation sites (N-methyl/N-ethyl adjacent to an activating group) is 1. The third-order valence-electron chi connectivity index (χ3n) is 3.52. The van der Waals surface area contributed by atoms with Crippen molar-refractivity contribution in [2.45, 2.75) is 0 Å². The van der Waals surface area contributed by atoms with Crippen molar-refractivity contribution < 1.29 is 4.39 Å². The van der Waals surface area contributed by atoms with Gasteiger partial charge in [-0.25, -0.2) is 4.39 Å². The molecule has 0 atom stereocenters. The molecule has 2 aromatic carbocycles. The monoisotopic (exact) mass is 265 g/mol. The van der Waals surface area contributed by atoms with Crippen LogP contribution >= 0.6 is 0 Å². The zero-order chi connectivity index (χ0) is 14.1. The zero-order valence-corrected chi connectivity index (χ0v) is 11.3. The first-order valence-corrected chi connectivity index (χ1v) is 6.48. The second-order valence-electron chi connectivity index (χ2n) is 4.82. The van der Waals surface area contributed by atoms with Crippen LogP contribution in [0.3, 0.4) is 0 Å². The standard InChI is InChI=1S/C17H15FN2/c1-12-11-19-17(13-6-4-3-5-7-13)15-10-14(18)8-9-16(15)20(12)2/h3-10H,1,11H2,2H3/i18-1. The van der Waals surface area contributed by atoms with Gasteiger partial charge in [-0.3, -0.25) is 4.99 Å². The fourth-order valence-electron chi connectivity index (χ4n) is 2.37. The summed E-state index contributed by atoms with van der Waals surface area (Å²) in [4.78, 5) is 6.58. The van der Waals surface area contributed by atoms with Gasteiger partial charge < -0.3 is 4.90 Å². The highest BCUT2D eigenvalue weighted by atomic mass is 18.2. The van der Waals surface area contributed by atoms with Gasteiger partial charge in [-0.05, 0) is 18.2 Å². The Labute approximate surface area is 117 Å². The Morgan fingerprint density at radius 3 is 2.65 bits per heavy atom. The van der Waals surface area contributed by atoms with Crippen molar-refractivity contribution >= 4 is 11.4 Å². The van der Waals surface area contributed by atoms with E-state index in [-0.39, 0.29) is 5.82 Å². The van der Waals surface area contributed by atoms with Crippen LogP contribution in [0.5, 0.6) is 0 Å². The summed E-state index contributed by atoms with van der Waals surface area (Å²) in [5, 5.41) is 0. The zero-order valence-electron chi connectivity index (χ0n) is 11.3. The molecule has 3 rings (SSSR count). The van der Waals surface area contributed by atoms with Crippen LogP contribution in [-0.4, -0.2) is 19.3 Å². The Bertz CT molecular complexity index is 689. The Morgan fingerprint density at radius 1 is 1.15 bits per heavy atom. The molecule has 0 amide bonds. The number of benzodiazepines with no additional fused rings is 1. The van der Waals surface area contributed by atoms with Crippen LogP contribution in [0, 0.1) is 5.82 Å². The van der Waals surface area contributed by atoms with E-state index in [1.165, 1.54) is 12.1 Å². The number of aliphatic imine (C=N–C) groups is 1. The highest BCUT2D eigenvalue weighted by molar-refractivity contribution is 6.16. The number of benzene rings is 2. The van der Waals surface area contributed by atoms with Crippen molar-refractivity contribution in [3.8, 4) is 0 Å². The van der Waals surface area contributed by atoms with Crippen molar-refractivity contribution in [1.82, 2.24) is 0 Å². The first kappa shape index (κ1) is 12.6. The highest BCUT2D eigenvalue weighted by Crippen LogP contribution is 2.29. The number of fused-ring (bicyclic) bond motifs is 1. The summed E-state index contributed by atoms with van der Waals surface area (Å²) in [6, 6.07) is 14.6. The normalized spacial score (nSPS) is 14.6. The molecule has 2 nitrogen and oxygen atoms in total. The van der Waals surface area contributed by atoms with E-state index in [1.807, 2.05) is 42.3 Å². The predicted octanol–water partition coefficient (Wildman–Crippen LogP) is 3.63. The van der Waals surface area contributed by atoms with Crippen LogP contribution < -0.4 is 4.90 Å². The predicted molar refractivity (Wildman–Crippen MR) is 80.9 cm³/mol.